The van der Waals surface area contributed by atoms with E-state index in [1.54, 1.807) is 6.92 Å². The van der Waals surface area contributed by atoms with E-state index in [9.17, 15) is 17.6 Å². The third-order valence-corrected chi connectivity index (χ3v) is 4.72. The van der Waals surface area contributed by atoms with Crippen molar-refractivity contribution in [3.05, 3.63) is 30.1 Å². The number of anilines is 1. The summed E-state index contributed by atoms with van der Waals surface area (Å²) in [5.74, 6) is -0.491. The van der Waals surface area contributed by atoms with E-state index in [1.807, 2.05) is 0 Å². The van der Waals surface area contributed by atoms with Gasteiger partial charge in [-0.2, -0.15) is 0 Å². The number of nitrogens with zero attached hydrogens (tertiary/aromatic N) is 1. The zero-order valence-corrected chi connectivity index (χ0v) is 12.0. The van der Waals surface area contributed by atoms with E-state index < -0.39 is 16.1 Å². The topological polar surface area (TPSA) is 66.5 Å². The molecule has 1 amide bonds. The molecule has 2 rings (SSSR count). The molecule has 0 unspecified atom stereocenters. The molecule has 1 atom stereocenters. The molecule has 0 radical (unpaired) electrons. The second kappa shape index (κ2) is 5.88. The molecule has 1 aliphatic rings. The average Bonchev–Trinajstić information content (AvgIpc) is 2.70. The summed E-state index contributed by atoms with van der Waals surface area (Å²) in [5.41, 5.74) is 0.577. The van der Waals surface area contributed by atoms with Gasteiger partial charge in [0.25, 0.3) is 0 Å². The number of rotatable bonds is 5. The SMILES string of the molecule is CCCS(=O)(=O)N[C@H]1CC(=O)N(c2ccc(F)cc2)C1. The Bertz CT molecular complexity index is 586. The molecule has 0 aliphatic carbocycles. The molecular weight excluding hydrogens is 283 g/mol. The lowest BCUT2D eigenvalue weighted by molar-refractivity contribution is -0.117. The molecule has 0 saturated carbocycles. The standard InChI is InChI=1S/C13H17FN2O3S/c1-2-7-20(18,19)15-11-8-13(17)16(9-11)12-5-3-10(14)4-6-12/h3-6,11,15H,2,7-9H2,1H3/t11-/m0/s1. The summed E-state index contributed by atoms with van der Waals surface area (Å²) < 4.78 is 38.8. The minimum atomic E-state index is -3.34. The Labute approximate surface area is 117 Å². The molecule has 1 aromatic carbocycles. The van der Waals surface area contributed by atoms with E-state index >= 15 is 0 Å². The lowest BCUT2D eigenvalue weighted by Gasteiger charge is -2.17. The third kappa shape index (κ3) is 3.55. The Kier molecular flexibility index (Phi) is 4.39. The lowest BCUT2D eigenvalue weighted by Crippen LogP contribution is -2.38. The van der Waals surface area contributed by atoms with Crippen molar-refractivity contribution in [3.63, 3.8) is 0 Å². The maximum absolute atomic E-state index is 12.9. The molecule has 0 spiro atoms. The normalized spacial score (nSPS) is 19.6. The van der Waals surface area contributed by atoms with Gasteiger partial charge in [-0.05, 0) is 30.7 Å². The molecule has 110 valence electrons. The van der Waals surface area contributed by atoms with Crippen LogP contribution in [-0.4, -0.2) is 32.7 Å². The van der Waals surface area contributed by atoms with Crippen molar-refractivity contribution in [2.24, 2.45) is 0 Å². The first-order chi connectivity index (χ1) is 9.41. The first-order valence-electron chi connectivity index (χ1n) is 6.47. The quantitative estimate of drug-likeness (QED) is 0.890. The number of amides is 1. The largest absolute Gasteiger partial charge is 0.311 e. The highest BCUT2D eigenvalue weighted by Crippen LogP contribution is 2.22. The van der Waals surface area contributed by atoms with Crippen LogP contribution in [0.2, 0.25) is 0 Å². The highest BCUT2D eigenvalue weighted by Gasteiger charge is 2.32. The summed E-state index contributed by atoms with van der Waals surface area (Å²) in [5, 5.41) is 0. The van der Waals surface area contributed by atoms with E-state index in [0.717, 1.165) is 0 Å². The summed E-state index contributed by atoms with van der Waals surface area (Å²) in [4.78, 5) is 13.4. The Hall–Kier alpha value is -1.47. The van der Waals surface area contributed by atoms with Crippen molar-refractivity contribution in [2.75, 3.05) is 17.2 Å². The molecule has 1 saturated heterocycles. The van der Waals surface area contributed by atoms with Crippen LogP contribution >= 0.6 is 0 Å². The Morgan fingerprint density at radius 1 is 1.35 bits per heavy atom. The van der Waals surface area contributed by atoms with Crippen LogP contribution in [-0.2, 0) is 14.8 Å². The number of nitrogens with one attached hydrogen (secondary N) is 1. The molecule has 0 aromatic heterocycles. The molecule has 20 heavy (non-hydrogen) atoms. The van der Waals surface area contributed by atoms with Crippen LogP contribution < -0.4 is 9.62 Å². The van der Waals surface area contributed by atoms with E-state index in [0.29, 0.717) is 12.1 Å². The first kappa shape index (κ1) is 14.9. The smallest absolute Gasteiger partial charge is 0.228 e. The van der Waals surface area contributed by atoms with Crippen molar-refractivity contribution in [3.8, 4) is 0 Å². The number of benzene rings is 1. The van der Waals surface area contributed by atoms with Crippen LogP contribution in [0.3, 0.4) is 0 Å². The van der Waals surface area contributed by atoms with Gasteiger partial charge in [0, 0.05) is 24.7 Å². The van der Waals surface area contributed by atoms with Gasteiger partial charge in [-0.1, -0.05) is 6.92 Å². The molecule has 1 aromatic rings. The van der Waals surface area contributed by atoms with Gasteiger partial charge in [0.05, 0.1) is 5.75 Å². The van der Waals surface area contributed by atoms with Crippen LogP contribution in [0.25, 0.3) is 0 Å². The van der Waals surface area contributed by atoms with Gasteiger partial charge >= 0.3 is 0 Å². The second-order valence-electron chi connectivity index (χ2n) is 4.82. The fraction of sp³-hybridized carbons (Fsp3) is 0.462. The van der Waals surface area contributed by atoms with Gasteiger partial charge in [0.1, 0.15) is 5.82 Å². The number of hydrogen-bond acceptors (Lipinski definition) is 3. The highest BCUT2D eigenvalue weighted by atomic mass is 32.2. The highest BCUT2D eigenvalue weighted by molar-refractivity contribution is 7.89. The van der Waals surface area contributed by atoms with Crippen LogP contribution in [0.5, 0.6) is 0 Å². The molecular formula is C13H17FN2O3S. The Morgan fingerprint density at radius 3 is 2.60 bits per heavy atom. The van der Waals surface area contributed by atoms with E-state index in [4.69, 9.17) is 0 Å². The van der Waals surface area contributed by atoms with E-state index in [1.165, 1.54) is 29.2 Å². The van der Waals surface area contributed by atoms with Gasteiger partial charge in [0.15, 0.2) is 0 Å². The van der Waals surface area contributed by atoms with Crippen molar-refractivity contribution in [1.82, 2.24) is 4.72 Å². The van der Waals surface area contributed by atoms with Crippen LogP contribution in [0, 0.1) is 5.82 Å². The Balaban J connectivity index is 2.06. The van der Waals surface area contributed by atoms with Gasteiger partial charge in [-0.25, -0.2) is 17.5 Å². The summed E-state index contributed by atoms with van der Waals surface area (Å²) in [6.07, 6.45) is 0.651. The first-order valence-corrected chi connectivity index (χ1v) is 8.12. The monoisotopic (exact) mass is 300 g/mol. The van der Waals surface area contributed by atoms with E-state index in [-0.39, 0.29) is 30.4 Å². The van der Waals surface area contributed by atoms with Crippen molar-refractivity contribution >= 4 is 21.6 Å². The predicted octanol–water partition coefficient (Wildman–Crippen LogP) is 1.26. The fourth-order valence-electron chi connectivity index (χ4n) is 2.24. The van der Waals surface area contributed by atoms with Gasteiger partial charge < -0.3 is 4.90 Å². The van der Waals surface area contributed by atoms with Crippen molar-refractivity contribution in [2.45, 2.75) is 25.8 Å². The predicted molar refractivity (Wildman–Crippen MR) is 74.4 cm³/mol. The third-order valence-electron chi connectivity index (χ3n) is 3.08. The number of hydrogen-bond donors (Lipinski definition) is 1. The van der Waals surface area contributed by atoms with E-state index in [2.05, 4.69) is 4.72 Å². The zero-order chi connectivity index (χ0) is 14.8. The van der Waals surface area contributed by atoms with Crippen LogP contribution in [0.4, 0.5) is 10.1 Å². The number of sulfonamides is 1. The zero-order valence-electron chi connectivity index (χ0n) is 11.2. The maximum atomic E-state index is 12.9. The number of carbonyl (C=O) groups excluding carboxylic acids is 1. The van der Waals surface area contributed by atoms with Crippen molar-refractivity contribution in [1.29, 1.82) is 0 Å². The van der Waals surface area contributed by atoms with Gasteiger partial charge in [-0.3, -0.25) is 4.79 Å². The molecule has 5 nitrogen and oxygen atoms in total. The molecule has 1 fully saturated rings. The Morgan fingerprint density at radius 2 is 2.00 bits per heavy atom. The molecule has 1 aliphatic heterocycles. The summed E-state index contributed by atoms with van der Waals surface area (Å²) >= 11 is 0. The average molecular weight is 300 g/mol. The summed E-state index contributed by atoms with van der Waals surface area (Å²) in [6.45, 7) is 2.05. The van der Waals surface area contributed by atoms with Gasteiger partial charge in [0.2, 0.25) is 15.9 Å². The molecule has 1 N–H and O–H groups in total. The number of carbonyl (C=O) groups is 1. The molecule has 1 heterocycles. The van der Waals surface area contributed by atoms with Gasteiger partial charge in [-0.15, -0.1) is 0 Å². The molecule has 0 bridgehead atoms. The van der Waals surface area contributed by atoms with Crippen LogP contribution in [0.15, 0.2) is 24.3 Å². The number of halogens is 1. The minimum Gasteiger partial charge on any atom is -0.311 e. The van der Waals surface area contributed by atoms with Crippen LogP contribution in [0.1, 0.15) is 19.8 Å². The lowest BCUT2D eigenvalue weighted by atomic mass is 10.3. The summed E-state index contributed by atoms with van der Waals surface area (Å²) in [7, 11) is -3.34. The minimum absolute atomic E-state index is 0.0498. The summed E-state index contributed by atoms with van der Waals surface area (Å²) in [6, 6.07) is 5.14. The molecule has 7 heteroatoms. The fourth-order valence-corrected chi connectivity index (χ4v) is 3.56. The second-order valence-corrected chi connectivity index (χ2v) is 6.69. The maximum Gasteiger partial charge on any atom is 0.228 e. The van der Waals surface area contributed by atoms with Crippen molar-refractivity contribution < 1.29 is 17.6 Å².